The van der Waals surface area contributed by atoms with Gasteiger partial charge in [0.2, 0.25) is 0 Å². The third-order valence-corrected chi connectivity index (χ3v) is 16.5. The van der Waals surface area contributed by atoms with Crippen LogP contribution < -0.4 is 5.11 Å². The van der Waals surface area contributed by atoms with Gasteiger partial charge in [-0.3, -0.25) is 9.59 Å². The quantitative estimate of drug-likeness (QED) is 0.0195. The van der Waals surface area contributed by atoms with Gasteiger partial charge in [-0.25, -0.2) is 0 Å². The van der Waals surface area contributed by atoms with Crippen molar-refractivity contribution in [1.29, 1.82) is 0 Å². The average molecular weight is 1220 g/mol. The molecule has 87 heavy (non-hydrogen) atoms. The number of hydrogen-bond donors (Lipinski definition) is 0. The lowest BCUT2D eigenvalue weighted by Gasteiger charge is -2.26. The number of carboxylic acids is 1. The van der Waals surface area contributed by atoms with E-state index >= 15 is 0 Å². The summed E-state index contributed by atoms with van der Waals surface area (Å²) in [6, 6.07) is 0. The van der Waals surface area contributed by atoms with E-state index in [0.29, 0.717) is 17.4 Å². The van der Waals surface area contributed by atoms with Crippen molar-refractivity contribution in [2.75, 3.05) is 47.5 Å². The van der Waals surface area contributed by atoms with Crippen LogP contribution in [0.2, 0.25) is 0 Å². The molecule has 0 bridgehead atoms. The Morgan fingerprint density at radius 3 is 0.977 bits per heavy atom. The Labute approximate surface area is 538 Å². The molecule has 0 amide bonds. The largest absolute Gasteiger partial charge is 0.545 e. The van der Waals surface area contributed by atoms with Gasteiger partial charge in [-0.15, -0.1) is 0 Å². The van der Waals surface area contributed by atoms with Gasteiger partial charge >= 0.3 is 11.9 Å². The second kappa shape index (κ2) is 68.6. The zero-order valence-corrected chi connectivity index (χ0v) is 57.9. The van der Waals surface area contributed by atoms with Gasteiger partial charge in [0, 0.05) is 12.8 Å². The van der Waals surface area contributed by atoms with Crippen LogP contribution in [0.3, 0.4) is 0 Å². The van der Waals surface area contributed by atoms with Crippen molar-refractivity contribution in [3.63, 3.8) is 0 Å². The van der Waals surface area contributed by atoms with Gasteiger partial charge < -0.3 is 33.3 Å². The van der Waals surface area contributed by atoms with E-state index in [1.165, 1.54) is 244 Å². The molecule has 9 nitrogen and oxygen atoms in total. The lowest BCUT2D eigenvalue weighted by molar-refractivity contribution is -0.870. The standard InChI is InChI=1S/C78H141NO8/c1-6-8-10-12-14-16-18-20-22-24-26-28-29-30-31-32-33-34-35-36-37-38-39-40-41-42-43-44-45-46-47-49-51-53-55-57-59-61-63-65-67-69-76(81)87-74(73-86-78(77(82)83)84-71-70-79(3,4)5)72-85-75(80)68-66-64-62-60-58-56-54-52-50-48-27-25-23-21-19-17-15-13-11-9-7-2/h8,10,14,16,20,22,26,28,30-31,33-34,74,78H,6-7,9,11-13,15,17-19,21,23-25,27,29,32,35-73H2,1-5H3/b10-8-,16-14-,22-20-,28-26-,31-30-,34-33-. The zero-order valence-electron chi connectivity index (χ0n) is 57.9. The number of ether oxygens (including phenoxy) is 4. The highest BCUT2D eigenvalue weighted by atomic mass is 16.7. The smallest absolute Gasteiger partial charge is 0.306 e. The third-order valence-electron chi connectivity index (χ3n) is 16.5. The van der Waals surface area contributed by atoms with Crippen LogP contribution in [0.15, 0.2) is 72.9 Å². The van der Waals surface area contributed by atoms with Crippen LogP contribution in [0.1, 0.15) is 348 Å². The molecule has 0 aromatic rings. The predicted octanol–water partition coefficient (Wildman–Crippen LogP) is 21.9. The molecule has 0 aromatic carbocycles. The molecule has 0 spiro atoms. The highest BCUT2D eigenvalue weighted by Gasteiger charge is 2.22. The summed E-state index contributed by atoms with van der Waals surface area (Å²) in [5.41, 5.74) is 0. The second-order valence-corrected chi connectivity index (χ2v) is 26.2. The Balaban J connectivity index is 3.97. The minimum absolute atomic E-state index is 0.150. The first kappa shape index (κ1) is 83.7. The molecule has 0 fully saturated rings. The fourth-order valence-corrected chi connectivity index (χ4v) is 10.8. The summed E-state index contributed by atoms with van der Waals surface area (Å²) in [7, 11) is 5.94. The summed E-state index contributed by atoms with van der Waals surface area (Å²) < 4.78 is 22.8. The number of unbranched alkanes of at least 4 members (excludes halogenated alkanes) is 42. The number of likely N-dealkylation sites (N-methyl/N-ethyl adjacent to an activating group) is 1. The molecule has 2 unspecified atom stereocenters. The van der Waals surface area contributed by atoms with Crippen molar-refractivity contribution in [3.05, 3.63) is 72.9 Å². The van der Waals surface area contributed by atoms with Gasteiger partial charge in [-0.2, -0.15) is 0 Å². The lowest BCUT2D eigenvalue weighted by atomic mass is 10.0. The Morgan fingerprint density at radius 1 is 0.356 bits per heavy atom. The van der Waals surface area contributed by atoms with Crippen molar-refractivity contribution in [3.8, 4) is 0 Å². The molecule has 0 N–H and O–H groups in total. The Bertz CT molecular complexity index is 1660. The van der Waals surface area contributed by atoms with E-state index in [9.17, 15) is 19.5 Å². The number of quaternary nitrogens is 1. The lowest BCUT2D eigenvalue weighted by Crippen LogP contribution is -2.44. The summed E-state index contributed by atoms with van der Waals surface area (Å²) in [4.78, 5) is 37.5. The van der Waals surface area contributed by atoms with Gasteiger partial charge in [0.15, 0.2) is 12.4 Å². The Hall–Kier alpha value is -3.27. The number of esters is 2. The first-order valence-electron chi connectivity index (χ1n) is 37.1. The minimum Gasteiger partial charge on any atom is -0.545 e. The maximum atomic E-state index is 12.9. The van der Waals surface area contributed by atoms with Gasteiger partial charge in [-0.05, 0) is 64.2 Å². The van der Waals surface area contributed by atoms with E-state index in [2.05, 4.69) is 86.8 Å². The summed E-state index contributed by atoms with van der Waals surface area (Å²) >= 11 is 0. The molecule has 506 valence electrons. The average Bonchev–Trinajstić information content (AvgIpc) is 3.59. The van der Waals surface area contributed by atoms with E-state index in [1.807, 2.05) is 21.1 Å². The molecule has 0 aromatic heterocycles. The molecule has 0 heterocycles. The number of carbonyl (C=O) groups is 3. The third kappa shape index (κ3) is 70.1. The molecule has 0 saturated carbocycles. The van der Waals surface area contributed by atoms with E-state index in [0.717, 1.165) is 77.0 Å². The summed E-state index contributed by atoms with van der Waals surface area (Å²) in [6.45, 7) is 4.69. The molecular formula is C78H141NO8. The number of aliphatic carboxylic acids is 1. The highest BCUT2D eigenvalue weighted by molar-refractivity contribution is 5.70. The SMILES string of the molecule is CC/C=C\C/C=C\C/C=C\C/C=C\C/C=C\C/C=C\CCCCCCCCCCCCCCCCCCCCCCCCC(=O)OC(COC(=O)CCCCCCCCCCCCCCCCCCCCCCC)COC(OCC[N+](C)(C)C)C(=O)[O-]. The van der Waals surface area contributed by atoms with Gasteiger partial charge in [0.1, 0.15) is 13.2 Å². The maximum Gasteiger partial charge on any atom is 0.306 e. The first-order valence-corrected chi connectivity index (χ1v) is 37.1. The summed E-state index contributed by atoms with van der Waals surface area (Å²) in [5, 5.41) is 11.8. The van der Waals surface area contributed by atoms with Crippen LogP contribution in [0.5, 0.6) is 0 Å². The van der Waals surface area contributed by atoms with E-state index in [1.54, 1.807) is 0 Å². The normalized spacial score (nSPS) is 13.1. The van der Waals surface area contributed by atoms with Crippen molar-refractivity contribution in [2.45, 2.75) is 360 Å². The van der Waals surface area contributed by atoms with Crippen molar-refractivity contribution < 1.29 is 42.9 Å². The van der Waals surface area contributed by atoms with E-state index < -0.39 is 24.3 Å². The van der Waals surface area contributed by atoms with Gasteiger partial charge in [0.25, 0.3) is 0 Å². The minimum atomic E-state index is -1.62. The zero-order chi connectivity index (χ0) is 63.3. The van der Waals surface area contributed by atoms with Crippen molar-refractivity contribution in [1.82, 2.24) is 0 Å². The topological polar surface area (TPSA) is 111 Å². The first-order chi connectivity index (χ1) is 42.6. The van der Waals surface area contributed by atoms with Gasteiger partial charge in [0.05, 0.1) is 40.3 Å². The van der Waals surface area contributed by atoms with Crippen LogP contribution in [0, 0.1) is 0 Å². The molecule has 9 heteroatoms. The number of allylic oxidation sites excluding steroid dienone is 12. The maximum absolute atomic E-state index is 12.9. The van der Waals surface area contributed by atoms with Crippen molar-refractivity contribution >= 4 is 17.9 Å². The molecule has 0 aliphatic rings. The molecule has 0 saturated heterocycles. The fraction of sp³-hybridized carbons (Fsp3) is 0.808. The molecular weight excluding hydrogens is 1080 g/mol. The molecule has 0 aliphatic carbocycles. The molecule has 0 aliphatic heterocycles. The Kier molecular flexibility index (Phi) is 66.1. The number of rotatable bonds is 69. The molecule has 0 rings (SSSR count). The van der Waals surface area contributed by atoms with Crippen LogP contribution in [0.25, 0.3) is 0 Å². The molecule has 0 radical (unpaired) electrons. The number of hydrogen-bond acceptors (Lipinski definition) is 8. The molecule has 2 atom stereocenters. The predicted molar refractivity (Wildman–Crippen MR) is 371 cm³/mol. The number of carbonyl (C=O) groups excluding carboxylic acids is 3. The fourth-order valence-electron chi connectivity index (χ4n) is 10.8. The number of carboxylic acid groups (broad SMARTS) is 1. The van der Waals surface area contributed by atoms with Crippen LogP contribution >= 0.6 is 0 Å². The summed E-state index contributed by atoms with van der Waals surface area (Å²) in [5.74, 6) is -2.26. The second-order valence-electron chi connectivity index (χ2n) is 26.2. The van der Waals surface area contributed by atoms with E-state index in [4.69, 9.17) is 18.9 Å². The van der Waals surface area contributed by atoms with Crippen LogP contribution in [0.4, 0.5) is 0 Å². The van der Waals surface area contributed by atoms with Crippen LogP contribution in [-0.4, -0.2) is 82.3 Å². The van der Waals surface area contributed by atoms with Crippen molar-refractivity contribution in [2.24, 2.45) is 0 Å². The van der Waals surface area contributed by atoms with Crippen LogP contribution in [-0.2, 0) is 33.3 Å². The number of nitrogens with zero attached hydrogens (tertiary/aromatic N) is 1. The monoisotopic (exact) mass is 1220 g/mol. The van der Waals surface area contributed by atoms with E-state index in [-0.39, 0.29) is 32.2 Å². The summed E-state index contributed by atoms with van der Waals surface area (Å²) in [6.07, 6.45) is 88.6. The highest BCUT2D eigenvalue weighted by Crippen LogP contribution is 2.19. The Morgan fingerprint density at radius 2 is 0.655 bits per heavy atom. The van der Waals surface area contributed by atoms with Gasteiger partial charge in [-0.1, -0.05) is 344 Å².